The molecule has 0 radical (unpaired) electrons. The lowest BCUT2D eigenvalue weighted by Crippen LogP contribution is -2.35. The van der Waals surface area contributed by atoms with Gasteiger partial charge in [-0.15, -0.1) is 0 Å². The maximum absolute atomic E-state index is 11.2. The lowest BCUT2D eigenvalue weighted by atomic mass is 10.1. The number of unbranched alkanes of at least 4 members (excludes halogenated alkanes) is 7. The number of hydrogen-bond donors (Lipinski definition) is 2. The molecule has 5 nitrogen and oxygen atoms in total. The predicted octanol–water partition coefficient (Wildman–Crippen LogP) is 2.73. The van der Waals surface area contributed by atoms with Crippen LogP contribution in [0.4, 0.5) is 4.79 Å². The first kappa shape index (κ1) is 17.7. The summed E-state index contributed by atoms with van der Waals surface area (Å²) < 4.78 is 4.76. The number of hydrogen-bond acceptors (Lipinski definition) is 3. The first-order chi connectivity index (χ1) is 9.07. The molecule has 0 fully saturated rings. The zero-order valence-electron chi connectivity index (χ0n) is 12.2. The maximum Gasteiger partial charge on any atom is 0.407 e. The summed E-state index contributed by atoms with van der Waals surface area (Å²) in [6.45, 7) is 4.25. The van der Waals surface area contributed by atoms with Crippen LogP contribution in [0.25, 0.3) is 0 Å². The highest BCUT2D eigenvalue weighted by Gasteiger charge is 2.13. The van der Waals surface area contributed by atoms with Crippen LogP contribution in [-0.4, -0.2) is 24.6 Å². The van der Waals surface area contributed by atoms with E-state index in [0.29, 0.717) is 6.54 Å². The first-order valence-electron chi connectivity index (χ1n) is 7.31. The average molecular weight is 272 g/mol. The third-order valence-electron chi connectivity index (χ3n) is 2.98. The standard InChI is InChI=1S/C14H28N2O3/c1-3-4-5-6-7-8-9-10-11-16-14(18)19-12(2)13(15)17/h12H,3-11H2,1-2H3,(H2,15,17)(H,16,18)/t12-/m1/s1. The number of rotatable bonds is 11. The quantitative estimate of drug-likeness (QED) is 0.567. The number of carbonyl (C=O) groups excluding carboxylic acids is 2. The Bertz CT molecular complexity index is 257. The van der Waals surface area contributed by atoms with E-state index < -0.39 is 18.1 Å². The molecule has 0 spiro atoms. The number of amides is 2. The molecule has 0 bridgehead atoms. The van der Waals surface area contributed by atoms with Crippen molar-refractivity contribution in [3.63, 3.8) is 0 Å². The second-order valence-corrected chi connectivity index (χ2v) is 4.85. The molecule has 0 heterocycles. The molecule has 0 aromatic carbocycles. The Kier molecular flexibility index (Phi) is 11.0. The van der Waals surface area contributed by atoms with E-state index in [0.717, 1.165) is 12.8 Å². The molecular formula is C14H28N2O3. The van der Waals surface area contributed by atoms with Gasteiger partial charge in [0, 0.05) is 6.54 Å². The van der Waals surface area contributed by atoms with E-state index in [1.807, 2.05) is 0 Å². The van der Waals surface area contributed by atoms with Crippen molar-refractivity contribution >= 4 is 12.0 Å². The van der Waals surface area contributed by atoms with Crippen molar-refractivity contribution in [1.29, 1.82) is 0 Å². The average Bonchev–Trinajstić information content (AvgIpc) is 2.36. The smallest absolute Gasteiger partial charge is 0.407 e. The van der Waals surface area contributed by atoms with Gasteiger partial charge in [0.2, 0.25) is 0 Å². The minimum Gasteiger partial charge on any atom is -0.436 e. The van der Waals surface area contributed by atoms with Gasteiger partial charge in [0.1, 0.15) is 0 Å². The molecule has 0 aromatic heterocycles. The van der Waals surface area contributed by atoms with Gasteiger partial charge in [-0.1, -0.05) is 51.9 Å². The second-order valence-electron chi connectivity index (χ2n) is 4.85. The van der Waals surface area contributed by atoms with Gasteiger partial charge < -0.3 is 15.8 Å². The SMILES string of the molecule is CCCCCCCCCCNC(=O)O[C@H](C)C(N)=O. The molecule has 0 saturated heterocycles. The summed E-state index contributed by atoms with van der Waals surface area (Å²) in [6, 6.07) is 0. The molecule has 0 aliphatic carbocycles. The molecule has 0 unspecified atom stereocenters. The lowest BCUT2D eigenvalue weighted by Gasteiger charge is -2.10. The highest BCUT2D eigenvalue weighted by molar-refractivity contribution is 5.81. The van der Waals surface area contributed by atoms with Crippen molar-refractivity contribution in [2.24, 2.45) is 5.73 Å². The monoisotopic (exact) mass is 272 g/mol. The summed E-state index contributed by atoms with van der Waals surface area (Å²) in [4.78, 5) is 21.9. The van der Waals surface area contributed by atoms with Crippen molar-refractivity contribution in [2.45, 2.75) is 71.3 Å². The third-order valence-corrected chi connectivity index (χ3v) is 2.98. The molecule has 0 aromatic rings. The fraction of sp³-hybridized carbons (Fsp3) is 0.857. The zero-order valence-corrected chi connectivity index (χ0v) is 12.2. The number of alkyl carbamates (subject to hydrolysis) is 1. The summed E-state index contributed by atoms with van der Waals surface area (Å²) in [5.74, 6) is -0.637. The number of carbonyl (C=O) groups is 2. The number of nitrogens with two attached hydrogens (primary N) is 1. The normalized spacial score (nSPS) is 11.9. The van der Waals surface area contributed by atoms with Gasteiger partial charge in [0.25, 0.3) is 5.91 Å². The molecule has 0 saturated carbocycles. The third kappa shape index (κ3) is 11.6. The van der Waals surface area contributed by atoms with Crippen molar-refractivity contribution < 1.29 is 14.3 Å². The summed E-state index contributed by atoms with van der Waals surface area (Å²) in [6.07, 6.45) is 8.30. The van der Waals surface area contributed by atoms with Crippen LogP contribution >= 0.6 is 0 Å². The molecular weight excluding hydrogens is 244 g/mol. The van der Waals surface area contributed by atoms with E-state index in [1.165, 1.54) is 45.4 Å². The van der Waals surface area contributed by atoms with Crippen LogP contribution in [0.3, 0.4) is 0 Å². The fourth-order valence-electron chi connectivity index (χ4n) is 1.71. The highest BCUT2D eigenvalue weighted by Crippen LogP contribution is 2.07. The van der Waals surface area contributed by atoms with E-state index in [-0.39, 0.29) is 0 Å². The summed E-state index contributed by atoms with van der Waals surface area (Å²) >= 11 is 0. The largest absolute Gasteiger partial charge is 0.436 e. The van der Waals surface area contributed by atoms with E-state index in [4.69, 9.17) is 10.5 Å². The molecule has 19 heavy (non-hydrogen) atoms. The Morgan fingerprint density at radius 1 is 1.05 bits per heavy atom. The van der Waals surface area contributed by atoms with Crippen molar-refractivity contribution in [1.82, 2.24) is 5.32 Å². The molecule has 1 atom stereocenters. The molecule has 112 valence electrons. The molecule has 0 rings (SSSR count). The summed E-state index contributed by atoms with van der Waals surface area (Å²) in [5, 5.41) is 2.61. The summed E-state index contributed by atoms with van der Waals surface area (Å²) in [5.41, 5.74) is 4.98. The zero-order chi connectivity index (χ0) is 14.5. The van der Waals surface area contributed by atoms with E-state index in [2.05, 4.69) is 12.2 Å². The Balaban J connectivity index is 3.30. The lowest BCUT2D eigenvalue weighted by molar-refractivity contribution is -0.125. The molecule has 2 amide bonds. The van der Waals surface area contributed by atoms with Gasteiger partial charge in [0.15, 0.2) is 6.10 Å². The summed E-state index contributed by atoms with van der Waals surface area (Å²) in [7, 11) is 0. The Hall–Kier alpha value is -1.26. The molecule has 0 aliphatic heterocycles. The van der Waals surface area contributed by atoms with Crippen molar-refractivity contribution in [3.05, 3.63) is 0 Å². The van der Waals surface area contributed by atoms with Gasteiger partial charge in [-0.25, -0.2) is 4.79 Å². The van der Waals surface area contributed by atoms with Crippen molar-refractivity contribution in [2.75, 3.05) is 6.54 Å². The maximum atomic E-state index is 11.2. The highest BCUT2D eigenvalue weighted by atomic mass is 16.6. The first-order valence-corrected chi connectivity index (χ1v) is 7.31. The van der Waals surface area contributed by atoms with Crippen LogP contribution in [0, 0.1) is 0 Å². The Morgan fingerprint density at radius 3 is 2.11 bits per heavy atom. The second kappa shape index (κ2) is 11.8. The minimum atomic E-state index is -0.876. The molecule has 0 aliphatic rings. The van der Waals surface area contributed by atoms with Crippen LogP contribution in [0.15, 0.2) is 0 Å². The van der Waals surface area contributed by atoms with Gasteiger partial charge in [-0.3, -0.25) is 4.79 Å². The molecule has 3 N–H and O–H groups in total. The van der Waals surface area contributed by atoms with Crippen LogP contribution < -0.4 is 11.1 Å². The molecule has 5 heteroatoms. The topological polar surface area (TPSA) is 81.4 Å². The Morgan fingerprint density at radius 2 is 1.58 bits per heavy atom. The van der Waals surface area contributed by atoms with Gasteiger partial charge in [0.05, 0.1) is 0 Å². The fourth-order valence-corrected chi connectivity index (χ4v) is 1.71. The van der Waals surface area contributed by atoms with Gasteiger partial charge in [-0.05, 0) is 13.3 Å². The van der Waals surface area contributed by atoms with Gasteiger partial charge >= 0.3 is 6.09 Å². The Labute approximate surface area is 116 Å². The van der Waals surface area contributed by atoms with Crippen LogP contribution in [-0.2, 0) is 9.53 Å². The number of primary amides is 1. The van der Waals surface area contributed by atoms with Crippen LogP contribution in [0.5, 0.6) is 0 Å². The van der Waals surface area contributed by atoms with Crippen LogP contribution in [0.2, 0.25) is 0 Å². The van der Waals surface area contributed by atoms with E-state index in [9.17, 15) is 9.59 Å². The van der Waals surface area contributed by atoms with Crippen molar-refractivity contribution in [3.8, 4) is 0 Å². The van der Waals surface area contributed by atoms with E-state index >= 15 is 0 Å². The number of nitrogens with one attached hydrogen (secondary N) is 1. The minimum absolute atomic E-state index is 0.575. The number of ether oxygens (including phenoxy) is 1. The van der Waals surface area contributed by atoms with Gasteiger partial charge in [-0.2, -0.15) is 0 Å². The predicted molar refractivity (Wildman–Crippen MR) is 75.8 cm³/mol. The van der Waals surface area contributed by atoms with Crippen LogP contribution in [0.1, 0.15) is 65.2 Å². The van der Waals surface area contributed by atoms with E-state index in [1.54, 1.807) is 0 Å².